The highest BCUT2D eigenvalue weighted by Gasteiger charge is 2.24. The fourth-order valence-corrected chi connectivity index (χ4v) is 3.42. The summed E-state index contributed by atoms with van der Waals surface area (Å²) in [5, 5.41) is 9.30. The molecule has 0 bridgehead atoms. The lowest BCUT2D eigenvalue weighted by atomic mass is 9.91. The number of aromatic nitrogens is 1. The Morgan fingerprint density at radius 2 is 1.64 bits per heavy atom. The number of rotatable bonds is 5. The van der Waals surface area contributed by atoms with Crippen molar-refractivity contribution >= 4 is 17.4 Å². The van der Waals surface area contributed by atoms with Gasteiger partial charge in [0.05, 0.1) is 0 Å². The molecule has 0 radical (unpaired) electrons. The number of carbonyl (C=O) groups excluding carboxylic acids is 1. The third-order valence-electron chi connectivity index (χ3n) is 5.03. The van der Waals surface area contributed by atoms with Gasteiger partial charge < -0.3 is 16.0 Å². The summed E-state index contributed by atoms with van der Waals surface area (Å²) in [7, 11) is 1.86. The van der Waals surface area contributed by atoms with Crippen LogP contribution in [0.3, 0.4) is 0 Å². The molecule has 150 valence electrons. The highest BCUT2D eigenvalue weighted by atomic mass is 19.2. The minimum Gasteiger partial charge on any atom is -0.388 e. The van der Waals surface area contributed by atoms with Gasteiger partial charge in [-0.15, -0.1) is 0 Å². The van der Waals surface area contributed by atoms with E-state index in [1.165, 1.54) is 0 Å². The van der Waals surface area contributed by atoms with Crippen LogP contribution >= 0.6 is 0 Å². The smallest absolute Gasteiger partial charge is 0.251 e. The van der Waals surface area contributed by atoms with Crippen molar-refractivity contribution in [2.45, 2.75) is 44.7 Å². The van der Waals surface area contributed by atoms with Crippen LogP contribution in [0.15, 0.2) is 24.4 Å². The molecule has 28 heavy (non-hydrogen) atoms. The molecule has 1 aromatic carbocycles. The van der Waals surface area contributed by atoms with E-state index in [1.54, 1.807) is 6.20 Å². The number of nitrogens with zero attached hydrogens (tertiary/aromatic N) is 1. The Balaban J connectivity index is 1.53. The Labute approximate surface area is 161 Å². The van der Waals surface area contributed by atoms with Gasteiger partial charge in [-0.25, -0.2) is 18.2 Å². The fourth-order valence-electron chi connectivity index (χ4n) is 3.42. The molecule has 0 unspecified atom stereocenters. The van der Waals surface area contributed by atoms with Crippen molar-refractivity contribution in [2.24, 2.45) is 0 Å². The zero-order valence-electron chi connectivity index (χ0n) is 15.8. The maximum Gasteiger partial charge on any atom is 0.251 e. The lowest BCUT2D eigenvalue weighted by Crippen LogP contribution is -2.40. The molecule has 3 N–H and O–H groups in total. The van der Waals surface area contributed by atoms with Crippen molar-refractivity contribution in [3.05, 3.63) is 53.0 Å². The molecule has 0 atom stereocenters. The van der Waals surface area contributed by atoms with Crippen molar-refractivity contribution in [3.8, 4) is 0 Å². The first-order valence-corrected chi connectivity index (χ1v) is 9.23. The Hall–Kier alpha value is -2.77. The van der Waals surface area contributed by atoms with Gasteiger partial charge >= 0.3 is 0 Å². The summed E-state index contributed by atoms with van der Waals surface area (Å²) in [6.07, 6.45) is 4.89. The summed E-state index contributed by atoms with van der Waals surface area (Å²) in [5.41, 5.74) is 1.85. The summed E-state index contributed by atoms with van der Waals surface area (Å²) < 4.78 is 39.6. The number of anilines is 2. The van der Waals surface area contributed by atoms with E-state index in [-0.39, 0.29) is 17.6 Å². The lowest BCUT2D eigenvalue weighted by Gasteiger charge is -2.30. The number of pyridine rings is 1. The summed E-state index contributed by atoms with van der Waals surface area (Å²) >= 11 is 0. The second-order valence-corrected chi connectivity index (χ2v) is 7.05. The van der Waals surface area contributed by atoms with Crippen molar-refractivity contribution in [1.82, 2.24) is 10.3 Å². The number of nitrogens with one attached hydrogen (secondary N) is 3. The highest BCUT2D eigenvalue weighted by Crippen LogP contribution is 2.24. The standard InChI is InChI=1S/C20H23F3N4O/c1-11-10-25-18(9-17(11)24-2)26-13-3-5-14(6-4-13)27-20(28)12-7-15(21)19(23)16(22)8-12/h7-10,13-14H,3-6H2,1-2H3,(H,27,28)(H2,24,25,26)/t13-,14+. The summed E-state index contributed by atoms with van der Waals surface area (Å²) in [6.45, 7) is 1.98. The lowest BCUT2D eigenvalue weighted by molar-refractivity contribution is 0.0925. The van der Waals surface area contributed by atoms with Crippen LogP contribution in [0.2, 0.25) is 0 Å². The average molecular weight is 392 g/mol. The minimum absolute atomic E-state index is 0.0967. The number of carbonyl (C=O) groups is 1. The van der Waals surface area contributed by atoms with Gasteiger partial charge in [-0.05, 0) is 50.3 Å². The van der Waals surface area contributed by atoms with Crippen LogP contribution < -0.4 is 16.0 Å². The molecule has 1 aromatic heterocycles. The third kappa shape index (κ3) is 4.55. The van der Waals surface area contributed by atoms with E-state index >= 15 is 0 Å². The predicted molar refractivity (Wildman–Crippen MR) is 102 cm³/mol. The minimum atomic E-state index is -1.57. The molecule has 8 heteroatoms. The van der Waals surface area contributed by atoms with E-state index in [9.17, 15) is 18.0 Å². The van der Waals surface area contributed by atoms with Crippen molar-refractivity contribution in [1.29, 1.82) is 0 Å². The molecule has 5 nitrogen and oxygen atoms in total. The first-order valence-electron chi connectivity index (χ1n) is 9.23. The van der Waals surface area contributed by atoms with Gasteiger partial charge in [-0.2, -0.15) is 0 Å². The Morgan fingerprint density at radius 3 is 2.25 bits per heavy atom. The monoisotopic (exact) mass is 392 g/mol. The predicted octanol–water partition coefficient (Wildman–Crippen LogP) is 4.00. The fraction of sp³-hybridized carbons (Fsp3) is 0.400. The van der Waals surface area contributed by atoms with Gasteiger partial charge in [0.1, 0.15) is 5.82 Å². The normalized spacial score (nSPS) is 19.2. The molecular weight excluding hydrogens is 369 g/mol. The van der Waals surface area contributed by atoms with Crippen LogP contribution in [0.1, 0.15) is 41.6 Å². The SMILES string of the molecule is CNc1cc(N[C@H]2CC[C@@H](NC(=O)c3cc(F)c(F)c(F)c3)CC2)ncc1C. The number of benzene rings is 1. The van der Waals surface area contributed by atoms with Gasteiger partial charge in [-0.1, -0.05) is 0 Å². The molecule has 2 aromatic rings. The third-order valence-corrected chi connectivity index (χ3v) is 5.03. The van der Waals surface area contributed by atoms with E-state index in [1.807, 2.05) is 20.0 Å². The van der Waals surface area contributed by atoms with E-state index in [0.29, 0.717) is 12.1 Å². The van der Waals surface area contributed by atoms with Gasteiger partial charge in [0.25, 0.3) is 5.91 Å². The largest absolute Gasteiger partial charge is 0.388 e. The van der Waals surface area contributed by atoms with Crippen LogP contribution in [-0.2, 0) is 0 Å². The number of hydrogen-bond donors (Lipinski definition) is 3. The summed E-state index contributed by atoms with van der Waals surface area (Å²) in [4.78, 5) is 16.6. The molecule has 0 spiro atoms. The van der Waals surface area contributed by atoms with Crippen LogP contribution in [0.25, 0.3) is 0 Å². The van der Waals surface area contributed by atoms with E-state index in [2.05, 4.69) is 20.9 Å². The summed E-state index contributed by atoms with van der Waals surface area (Å²) in [5.74, 6) is -4.13. The van der Waals surface area contributed by atoms with Crippen molar-refractivity contribution in [3.63, 3.8) is 0 Å². The van der Waals surface area contributed by atoms with E-state index in [0.717, 1.165) is 42.8 Å². The molecule has 1 saturated carbocycles. The highest BCUT2D eigenvalue weighted by molar-refractivity contribution is 5.94. The molecule has 0 saturated heterocycles. The quantitative estimate of drug-likeness (QED) is 0.673. The number of hydrogen-bond acceptors (Lipinski definition) is 4. The molecule has 1 aliphatic rings. The van der Waals surface area contributed by atoms with Crippen molar-refractivity contribution < 1.29 is 18.0 Å². The Kier molecular flexibility index (Phi) is 6.06. The average Bonchev–Trinajstić information content (AvgIpc) is 2.68. The summed E-state index contributed by atoms with van der Waals surface area (Å²) in [6, 6.07) is 3.52. The molecule has 0 aliphatic heterocycles. The first kappa shape index (κ1) is 20.0. The van der Waals surface area contributed by atoms with Gasteiger partial charge in [0.2, 0.25) is 0 Å². The van der Waals surface area contributed by atoms with Crippen LogP contribution in [0, 0.1) is 24.4 Å². The van der Waals surface area contributed by atoms with Crippen LogP contribution in [0.5, 0.6) is 0 Å². The van der Waals surface area contributed by atoms with Crippen LogP contribution in [-0.4, -0.2) is 30.0 Å². The van der Waals surface area contributed by atoms with E-state index in [4.69, 9.17) is 0 Å². The maximum absolute atomic E-state index is 13.3. The van der Waals surface area contributed by atoms with Gasteiger partial charge in [0, 0.05) is 42.6 Å². The molecule has 3 rings (SSSR count). The molecular formula is C20H23F3N4O. The molecule has 1 aliphatic carbocycles. The number of amides is 1. The first-order chi connectivity index (χ1) is 13.4. The molecule has 1 heterocycles. The topological polar surface area (TPSA) is 66.0 Å². The second kappa shape index (κ2) is 8.50. The zero-order chi connectivity index (χ0) is 20.3. The van der Waals surface area contributed by atoms with E-state index < -0.39 is 23.4 Å². The zero-order valence-corrected chi connectivity index (χ0v) is 15.8. The van der Waals surface area contributed by atoms with Crippen LogP contribution in [0.4, 0.5) is 24.7 Å². The Morgan fingerprint density at radius 1 is 1.04 bits per heavy atom. The second-order valence-electron chi connectivity index (χ2n) is 7.05. The van der Waals surface area contributed by atoms with Gasteiger partial charge in [-0.3, -0.25) is 4.79 Å². The molecule has 1 fully saturated rings. The maximum atomic E-state index is 13.3. The van der Waals surface area contributed by atoms with Gasteiger partial charge in [0.15, 0.2) is 17.5 Å². The Bertz CT molecular complexity index is 844. The number of aryl methyl sites for hydroxylation is 1. The van der Waals surface area contributed by atoms with Crippen molar-refractivity contribution in [2.75, 3.05) is 17.7 Å². The number of halogens is 3. The molecule has 1 amide bonds.